The Kier molecular flexibility index (Phi) is 4.69. The van der Waals surface area contributed by atoms with Gasteiger partial charge in [0.05, 0.1) is 23.4 Å². The average molecular weight is 312 g/mol. The average Bonchev–Trinajstić information content (AvgIpc) is 2.91. The van der Waals surface area contributed by atoms with Crippen LogP contribution in [-0.4, -0.2) is 24.4 Å². The third-order valence-electron chi connectivity index (χ3n) is 3.10. The highest BCUT2D eigenvalue weighted by Gasteiger charge is 2.23. The van der Waals surface area contributed by atoms with Gasteiger partial charge in [0.15, 0.2) is 0 Å². The maximum atomic E-state index is 6.04. The van der Waals surface area contributed by atoms with Crippen LogP contribution in [0.1, 0.15) is 25.8 Å². The molecule has 21 heavy (non-hydrogen) atoms. The number of hydrogen-bond donors (Lipinski definition) is 1. The van der Waals surface area contributed by atoms with Crippen molar-refractivity contribution in [1.29, 1.82) is 0 Å². The minimum Gasteiger partial charge on any atom is -0.496 e. The molecule has 6 nitrogen and oxygen atoms in total. The molecule has 1 heterocycles. The Morgan fingerprint density at radius 3 is 2.57 bits per heavy atom. The number of aromatic nitrogens is 2. The highest BCUT2D eigenvalue weighted by atomic mass is 35.5. The first kappa shape index (κ1) is 15.6. The number of rotatable bonds is 5. The predicted octanol–water partition coefficient (Wildman–Crippen LogP) is 3.32. The molecule has 0 bridgehead atoms. The summed E-state index contributed by atoms with van der Waals surface area (Å²) in [4.78, 5) is 4.37. The van der Waals surface area contributed by atoms with Crippen LogP contribution in [-0.2, 0) is 4.74 Å². The van der Waals surface area contributed by atoms with Gasteiger partial charge in [0, 0.05) is 13.2 Å². The Morgan fingerprint density at radius 1 is 1.29 bits per heavy atom. The van der Waals surface area contributed by atoms with Crippen molar-refractivity contribution in [1.82, 2.24) is 10.1 Å². The molecule has 1 unspecified atom stereocenters. The second-order valence-corrected chi connectivity index (χ2v) is 5.34. The second-order valence-electron chi connectivity index (χ2n) is 4.93. The summed E-state index contributed by atoms with van der Waals surface area (Å²) in [5.41, 5.74) is 6.78. The summed E-state index contributed by atoms with van der Waals surface area (Å²) in [5.74, 6) is 1.53. The van der Waals surface area contributed by atoms with Crippen LogP contribution in [0.25, 0.3) is 11.5 Å². The van der Waals surface area contributed by atoms with Crippen LogP contribution in [0.3, 0.4) is 0 Å². The first-order valence-corrected chi connectivity index (χ1v) is 6.85. The number of halogens is 1. The highest BCUT2D eigenvalue weighted by molar-refractivity contribution is 6.33. The van der Waals surface area contributed by atoms with Crippen molar-refractivity contribution >= 4 is 17.3 Å². The second kappa shape index (κ2) is 6.32. The fraction of sp³-hybridized carbons (Fsp3) is 0.429. The summed E-state index contributed by atoms with van der Waals surface area (Å²) in [5, 5.41) is 4.37. The van der Waals surface area contributed by atoms with E-state index in [4.69, 9.17) is 31.3 Å². The van der Waals surface area contributed by atoms with E-state index in [0.717, 1.165) is 0 Å². The van der Waals surface area contributed by atoms with E-state index >= 15 is 0 Å². The lowest BCUT2D eigenvalue weighted by molar-refractivity contribution is 0.0556. The van der Waals surface area contributed by atoms with Crippen molar-refractivity contribution in [2.45, 2.75) is 20.0 Å². The molecule has 7 heteroatoms. The number of hydrogen-bond acceptors (Lipinski definition) is 6. The normalized spacial score (nSPS) is 12.7. The van der Waals surface area contributed by atoms with Gasteiger partial charge in [-0.3, -0.25) is 0 Å². The Labute approximate surface area is 128 Å². The Balaban J connectivity index is 2.44. The minimum atomic E-state index is -0.238. The van der Waals surface area contributed by atoms with E-state index in [2.05, 4.69) is 10.1 Å². The van der Waals surface area contributed by atoms with Gasteiger partial charge in [0.25, 0.3) is 5.89 Å². The molecule has 1 aromatic heterocycles. The Hall–Kier alpha value is -1.79. The fourth-order valence-electron chi connectivity index (χ4n) is 2.04. The number of ether oxygens (including phenoxy) is 2. The van der Waals surface area contributed by atoms with Crippen molar-refractivity contribution in [3.05, 3.63) is 23.0 Å². The van der Waals surface area contributed by atoms with Gasteiger partial charge in [-0.25, -0.2) is 0 Å². The van der Waals surface area contributed by atoms with Crippen LogP contribution in [0.5, 0.6) is 5.75 Å². The highest BCUT2D eigenvalue weighted by Crippen LogP contribution is 2.36. The molecule has 0 aliphatic rings. The zero-order valence-corrected chi connectivity index (χ0v) is 13.1. The standard InChI is InChI=1S/C14H18ClN3O3/c1-7(2)12(20-4)13-17-14(21-18-13)8-5-9(15)10(16)6-11(8)19-3/h5-7,12H,16H2,1-4H3. The molecule has 2 aromatic rings. The molecule has 114 valence electrons. The smallest absolute Gasteiger partial charge is 0.261 e. The lowest BCUT2D eigenvalue weighted by Crippen LogP contribution is -2.10. The Bertz CT molecular complexity index is 628. The van der Waals surface area contributed by atoms with Gasteiger partial charge < -0.3 is 19.7 Å². The van der Waals surface area contributed by atoms with Gasteiger partial charge in [0.1, 0.15) is 11.9 Å². The summed E-state index contributed by atoms with van der Waals surface area (Å²) in [6, 6.07) is 3.27. The number of nitrogens with zero attached hydrogens (tertiary/aromatic N) is 2. The molecular weight excluding hydrogens is 294 g/mol. The summed E-state index contributed by atoms with van der Waals surface area (Å²) < 4.78 is 16.0. The van der Waals surface area contributed by atoms with Crippen LogP contribution >= 0.6 is 11.6 Å². The largest absolute Gasteiger partial charge is 0.496 e. The maximum absolute atomic E-state index is 6.04. The van der Waals surface area contributed by atoms with Crippen LogP contribution < -0.4 is 10.5 Å². The lowest BCUT2D eigenvalue weighted by Gasteiger charge is -2.14. The zero-order valence-electron chi connectivity index (χ0n) is 12.4. The monoisotopic (exact) mass is 311 g/mol. The SMILES string of the molecule is COc1cc(N)c(Cl)cc1-c1nc(C(OC)C(C)C)no1. The van der Waals surface area contributed by atoms with Crippen LogP contribution in [0.2, 0.25) is 5.02 Å². The van der Waals surface area contributed by atoms with Crippen molar-refractivity contribution < 1.29 is 14.0 Å². The summed E-state index contributed by atoms with van der Waals surface area (Å²) in [7, 11) is 3.15. The topological polar surface area (TPSA) is 83.4 Å². The van der Waals surface area contributed by atoms with E-state index in [1.165, 1.54) is 7.11 Å². The van der Waals surface area contributed by atoms with Gasteiger partial charge in [-0.15, -0.1) is 0 Å². The number of nitrogen functional groups attached to an aromatic ring is 1. The molecule has 0 saturated heterocycles. The third-order valence-corrected chi connectivity index (χ3v) is 3.43. The molecule has 2 N–H and O–H groups in total. The predicted molar refractivity (Wildman–Crippen MR) is 80.3 cm³/mol. The van der Waals surface area contributed by atoms with Gasteiger partial charge in [-0.1, -0.05) is 30.6 Å². The first-order chi connectivity index (χ1) is 9.97. The fourth-order valence-corrected chi connectivity index (χ4v) is 2.20. The molecule has 0 spiro atoms. The Morgan fingerprint density at radius 2 is 2.00 bits per heavy atom. The van der Waals surface area contributed by atoms with Gasteiger partial charge in [-0.05, 0) is 12.0 Å². The molecule has 1 aromatic carbocycles. The van der Waals surface area contributed by atoms with Crippen molar-refractivity contribution in [2.75, 3.05) is 20.0 Å². The lowest BCUT2D eigenvalue weighted by atomic mass is 10.1. The number of anilines is 1. The van der Waals surface area contributed by atoms with Crippen LogP contribution in [0.15, 0.2) is 16.7 Å². The number of methoxy groups -OCH3 is 2. The maximum Gasteiger partial charge on any atom is 0.261 e. The van der Waals surface area contributed by atoms with E-state index in [-0.39, 0.29) is 12.0 Å². The summed E-state index contributed by atoms with van der Waals surface area (Å²) >= 11 is 6.04. The van der Waals surface area contributed by atoms with E-state index < -0.39 is 0 Å². The minimum absolute atomic E-state index is 0.220. The quantitative estimate of drug-likeness (QED) is 0.853. The number of nitrogens with two attached hydrogens (primary N) is 1. The van der Waals surface area contributed by atoms with Crippen molar-refractivity contribution in [2.24, 2.45) is 5.92 Å². The molecule has 0 saturated carbocycles. The van der Waals surface area contributed by atoms with Gasteiger partial charge in [0.2, 0.25) is 5.82 Å². The van der Waals surface area contributed by atoms with Gasteiger partial charge in [-0.2, -0.15) is 4.98 Å². The zero-order chi connectivity index (χ0) is 15.6. The molecule has 0 fully saturated rings. The molecule has 0 aliphatic carbocycles. The van der Waals surface area contributed by atoms with Crippen LogP contribution in [0.4, 0.5) is 5.69 Å². The van der Waals surface area contributed by atoms with E-state index in [1.54, 1.807) is 19.2 Å². The third kappa shape index (κ3) is 3.11. The molecule has 0 aliphatic heterocycles. The van der Waals surface area contributed by atoms with Crippen molar-refractivity contribution in [3.63, 3.8) is 0 Å². The molecule has 0 radical (unpaired) electrons. The van der Waals surface area contributed by atoms with Crippen molar-refractivity contribution in [3.8, 4) is 17.2 Å². The molecule has 2 rings (SSSR count). The van der Waals surface area contributed by atoms with E-state index in [0.29, 0.717) is 33.7 Å². The molecule has 1 atom stereocenters. The van der Waals surface area contributed by atoms with Crippen LogP contribution in [0, 0.1) is 5.92 Å². The molecule has 0 amide bonds. The first-order valence-electron chi connectivity index (χ1n) is 6.47. The summed E-state index contributed by atoms with van der Waals surface area (Å²) in [6.45, 7) is 4.04. The van der Waals surface area contributed by atoms with E-state index in [9.17, 15) is 0 Å². The number of benzene rings is 1. The summed E-state index contributed by atoms with van der Waals surface area (Å²) in [6.07, 6.45) is -0.238. The molecular formula is C14H18ClN3O3. The van der Waals surface area contributed by atoms with E-state index in [1.807, 2.05) is 13.8 Å². The van der Waals surface area contributed by atoms with Gasteiger partial charge >= 0.3 is 0 Å².